The van der Waals surface area contributed by atoms with Gasteiger partial charge in [0, 0.05) is 22.7 Å². The molecule has 0 aromatic carbocycles. The van der Waals surface area contributed by atoms with Crippen LogP contribution in [0.4, 0.5) is 26.3 Å². The first-order valence-electron chi connectivity index (χ1n) is 3.87. The van der Waals surface area contributed by atoms with E-state index in [-0.39, 0.29) is 6.20 Å². The Labute approximate surface area is 94.6 Å². The van der Waals surface area contributed by atoms with Gasteiger partial charge in [0.1, 0.15) is 0 Å². The summed E-state index contributed by atoms with van der Waals surface area (Å²) in [5.41, 5.74) is -3.89. The van der Waals surface area contributed by atoms with Gasteiger partial charge >= 0.3 is 6.18 Å². The molecule has 0 saturated carbocycles. The molecule has 90 valence electrons. The molecule has 0 unspecified atom stereocenters. The van der Waals surface area contributed by atoms with Crippen LogP contribution in [-0.2, 0) is 11.5 Å². The van der Waals surface area contributed by atoms with Crippen LogP contribution in [-0.4, -0.2) is 4.98 Å². The van der Waals surface area contributed by atoms with E-state index in [0.29, 0.717) is 0 Å². The van der Waals surface area contributed by atoms with Crippen molar-refractivity contribution in [2.75, 3.05) is 0 Å². The van der Waals surface area contributed by atoms with Crippen molar-refractivity contribution in [1.29, 1.82) is 0 Å². The predicted octanol–water partition coefficient (Wildman–Crippen LogP) is 4.07. The average Bonchev–Trinajstić information content (AvgIpc) is 2.15. The van der Waals surface area contributed by atoms with Gasteiger partial charge in [-0.2, -0.15) is 17.6 Å². The van der Waals surface area contributed by atoms with Gasteiger partial charge in [0.2, 0.25) is 5.95 Å². The van der Waals surface area contributed by atoms with Crippen LogP contribution in [0.15, 0.2) is 6.20 Å². The molecule has 0 bridgehead atoms. The Kier molecular flexibility index (Phi) is 3.82. The molecule has 0 amide bonds. The number of hydrogen-bond acceptors (Lipinski definition) is 1. The number of aromatic nitrogens is 1. The Balaban J connectivity index is 3.54. The Bertz CT molecular complexity index is 389. The molecule has 0 fully saturated rings. The summed E-state index contributed by atoms with van der Waals surface area (Å²) in [6.07, 6.45) is -8.20. The molecule has 1 nitrogen and oxygen atoms in total. The van der Waals surface area contributed by atoms with Gasteiger partial charge in [-0.25, -0.2) is 13.8 Å². The second kappa shape index (κ2) is 4.60. The van der Waals surface area contributed by atoms with Gasteiger partial charge in [0.25, 0.3) is 6.43 Å². The van der Waals surface area contributed by atoms with E-state index in [1.54, 1.807) is 0 Å². The second-order valence-corrected chi connectivity index (χ2v) is 3.35. The van der Waals surface area contributed by atoms with Crippen LogP contribution in [0.2, 0.25) is 0 Å². The molecule has 1 aromatic heterocycles. The normalized spacial score (nSPS) is 12.2. The smallest absolute Gasteiger partial charge is 0.228 e. The summed E-state index contributed by atoms with van der Waals surface area (Å²) in [5.74, 6) is -1.41. The quantitative estimate of drug-likeness (QED) is 0.456. The zero-order valence-electron chi connectivity index (χ0n) is 7.45. The van der Waals surface area contributed by atoms with E-state index in [1.807, 2.05) is 0 Å². The average molecular weight is 308 g/mol. The summed E-state index contributed by atoms with van der Waals surface area (Å²) in [6, 6.07) is 0. The summed E-state index contributed by atoms with van der Waals surface area (Å²) in [4.78, 5) is 2.87. The van der Waals surface area contributed by atoms with Crippen LogP contribution >= 0.6 is 15.9 Å². The highest BCUT2D eigenvalue weighted by molar-refractivity contribution is 9.08. The van der Waals surface area contributed by atoms with Crippen LogP contribution < -0.4 is 0 Å². The highest BCUT2D eigenvalue weighted by Crippen LogP contribution is 2.39. The van der Waals surface area contributed by atoms with Gasteiger partial charge in [-0.1, -0.05) is 15.9 Å². The molecule has 16 heavy (non-hydrogen) atoms. The summed E-state index contributed by atoms with van der Waals surface area (Å²) in [6.45, 7) is 0. The molecule has 0 aliphatic rings. The van der Waals surface area contributed by atoms with Crippen molar-refractivity contribution in [2.45, 2.75) is 17.9 Å². The molecule has 0 radical (unpaired) electrons. The molecule has 8 heteroatoms. The van der Waals surface area contributed by atoms with Gasteiger partial charge in [0.05, 0.1) is 5.56 Å². The minimum atomic E-state index is -5.04. The third-order valence-corrected chi connectivity index (χ3v) is 2.37. The SMILES string of the molecule is Fc1ncc(C(F)F)c(C(F)(F)F)c1CBr. The van der Waals surface area contributed by atoms with Crippen molar-refractivity contribution < 1.29 is 26.3 Å². The number of halogens is 7. The van der Waals surface area contributed by atoms with Crippen LogP contribution in [0.1, 0.15) is 23.1 Å². The zero-order valence-corrected chi connectivity index (χ0v) is 9.04. The fraction of sp³-hybridized carbons (Fsp3) is 0.375. The fourth-order valence-electron chi connectivity index (χ4n) is 1.17. The van der Waals surface area contributed by atoms with Crippen molar-refractivity contribution in [3.05, 3.63) is 28.8 Å². The molecule has 1 rings (SSSR count). The topological polar surface area (TPSA) is 12.9 Å². The van der Waals surface area contributed by atoms with Gasteiger partial charge in [-0.15, -0.1) is 0 Å². The fourth-order valence-corrected chi connectivity index (χ4v) is 1.68. The van der Waals surface area contributed by atoms with E-state index >= 15 is 0 Å². The van der Waals surface area contributed by atoms with E-state index in [2.05, 4.69) is 20.9 Å². The molecule has 0 spiro atoms. The monoisotopic (exact) mass is 307 g/mol. The Morgan fingerprint density at radius 2 is 1.88 bits per heavy atom. The lowest BCUT2D eigenvalue weighted by molar-refractivity contribution is -0.140. The van der Waals surface area contributed by atoms with Gasteiger partial charge in [-0.3, -0.25) is 0 Å². The molecule has 0 aliphatic heterocycles. The van der Waals surface area contributed by atoms with E-state index in [9.17, 15) is 26.3 Å². The largest absolute Gasteiger partial charge is 0.417 e. The summed E-state index contributed by atoms with van der Waals surface area (Å²) < 4.78 is 75.1. The van der Waals surface area contributed by atoms with Crippen LogP contribution in [0, 0.1) is 5.95 Å². The number of pyridine rings is 1. The van der Waals surface area contributed by atoms with E-state index in [1.165, 1.54) is 0 Å². The van der Waals surface area contributed by atoms with E-state index in [4.69, 9.17) is 0 Å². The number of hydrogen-bond donors (Lipinski definition) is 0. The standard InChI is InChI=1S/C8H4BrF6N/c9-1-3-5(8(13,14)15)4(6(10)11)2-16-7(3)12/h2,6H,1H2. The minimum absolute atomic E-state index is 0.203. The second-order valence-electron chi connectivity index (χ2n) is 2.79. The zero-order chi connectivity index (χ0) is 12.5. The predicted molar refractivity (Wildman–Crippen MR) is 46.8 cm³/mol. The van der Waals surface area contributed by atoms with Crippen molar-refractivity contribution >= 4 is 15.9 Å². The van der Waals surface area contributed by atoms with Crippen molar-refractivity contribution in [3.63, 3.8) is 0 Å². The maximum Gasteiger partial charge on any atom is 0.417 e. The number of nitrogens with zero attached hydrogens (tertiary/aromatic N) is 1. The Hall–Kier alpha value is -0.790. The Morgan fingerprint density at radius 3 is 2.25 bits per heavy atom. The number of alkyl halides is 6. The van der Waals surface area contributed by atoms with Gasteiger partial charge in [-0.05, 0) is 0 Å². The number of rotatable bonds is 2. The maximum absolute atomic E-state index is 12.9. The first-order chi connectivity index (χ1) is 7.29. The summed E-state index contributed by atoms with van der Waals surface area (Å²) in [7, 11) is 0. The molecule has 0 atom stereocenters. The lowest BCUT2D eigenvalue weighted by atomic mass is 10.1. The van der Waals surface area contributed by atoms with Gasteiger partial charge < -0.3 is 0 Å². The Morgan fingerprint density at radius 1 is 1.31 bits per heavy atom. The third kappa shape index (κ3) is 2.47. The van der Waals surface area contributed by atoms with Crippen molar-refractivity contribution in [2.24, 2.45) is 0 Å². The molecule has 0 saturated heterocycles. The first-order valence-corrected chi connectivity index (χ1v) is 4.99. The molecule has 0 aliphatic carbocycles. The van der Waals surface area contributed by atoms with Crippen molar-refractivity contribution in [3.8, 4) is 0 Å². The third-order valence-electron chi connectivity index (χ3n) is 1.81. The first kappa shape index (κ1) is 13.3. The molecule has 1 aromatic rings. The van der Waals surface area contributed by atoms with Crippen molar-refractivity contribution in [1.82, 2.24) is 4.98 Å². The molecule has 0 N–H and O–H groups in total. The minimum Gasteiger partial charge on any atom is -0.228 e. The lowest BCUT2D eigenvalue weighted by Gasteiger charge is -2.15. The molecular formula is C8H4BrF6N. The lowest BCUT2D eigenvalue weighted by Crippen LogP contribution is -2.15. The summed E-state index contributed by atoms with van der Waals surface area (Å²) in [5, 5.41) is -0.540. The van der Waals surface area contributed by atoms with E-state index < -0.39 is 40.6 Å². The summed E-state index contributed by atoms with van der Waals surface area (Å²) >= 11 is 2.61. The highest BCUT2D eigenvalue weighted by atomic mass is 79.9. The van der Waals surface area contributed by atoms with Gasteiger partial charge in [0.15, 0.2) is 0 Å². The van der Waals surface area contributed by atoms with E-state index in [0.717, 1.165) is 0 Å². The maximum atomic E-state index is 12.9. The molecule has 1 heterocycles. The molecular weight excluding hydrogens is 304 g/mol. The van der Waals surface area contributed by atoms with Crippen LogP contribution in [0.5, 0.6) is 0 Å². The van der Waals surface area contributed by atoms with Crippen LogP contribution in [0.3, 0.4) is 0 Å². The van der Waals surface area contributed by atoms with Crippen LogP contribution in [0.25, 0.3) is 0 Å². The highest BCUT2D eigenvalue weighted by Gasteiger charge is 2.39.